The first-order valence-electron chi connectivity index (χ1n) is 8.69. The van der Waals surface area contributed by atoms with Crippen LogP contribution >= 0.6 is 0 Å². The summed E-state index contributed by atoms with van der Waals surface area (Å²) in [5, 5.41) is 8.43. The van der Waals surface area contributed by atoms with Gasteiger partial charge in [0.1, 0.15) is 11.1 Å². The highest BCUT2D eigenvalue weighted by Crippen LogP contribution is 2.27. The molecule has 1 aromatic heterocycles. The van der Waals surface area contributed by atoms with Gasteiger partial charge in [-0.3, -0.25) is 0 Å². The summed E-state index contributed by atoms with van der Waals surface area (Å²) in [7, 11) is 1.36. The van der Waals surface area contributed by atoms with E-state index in [1.807, 2.05) is 25.5 Å². The average molecular weight is 360 g/mol. The lowest BCUT2D eigenvalue weighted by Gasteiger charge is -2.33. The van der Waals surface area contributed by atoms with Crippen molar-refractivity contribution in [3.05, 3.63) is 23.8 Å². The number of benzene rings is 1. The summed E-state index contributed by atoms with van der Waals surface area (Å²) < 4.78 is 12.1. The maximum atomic E-state index is 12.2. The number of methoxy groups -OCH3 is 1. The monoisotopic (exact) mass is 360 g/mol. The van der Waals surface area contributed by atoms with Gasteiger partial charge in [-0.2, -0.15) is 0 Å². The minimum absolute atomic E-state index is 0.117. The molecule has 1 aliphatic rings. The fourth-order valence-corrected chi connectivity index (χ4v) is 3.07. The Kier molecular flexibility index (Phi) is 4.84. The average Bonchev–Trinajstić information content (AvgIpc) is 3.02. The molecule has 140 valence electrons. The number of aromatic nitrogens is 3. The zero-order valence-corrected chi connectivity index (χ0v) is 15.6. The van der Waals surface area contributed by atoms with Gasteiger partial charge in [-0.25, -0.2) is 14.3 Å². The molecule has 0 unspecified atom stereocenters. The molecule has 0 radical (unpaired) electrons. The molecule has 0 spiro atoms. The molecule has 0 aliphatic carbocycles. The number of likely N-dealkylation sites (tertiary alicyclic amines) is 1. The third-order valence-corrected chi connectivity index (χ3v) is 4.35. The number of fused-ring (bicyclic) bond motifs is 1. The van der Waals surface area contributed by atoms with Gasteiger partial charge in [0.25, 0.3) is 0 Å². The predicted octanol–water partition coefficient (Wildman–Crippen LogP) is 2.79. The summed E-state index contributed by atoms with van der Waals surface area (Å²) in [6, 6.07) is 5.31. The minimum Gasteiger partial charge on any atom is -0.465 e. The summed E-state index contributed by atoms with van der Waals surface area (Å²) >= 11 is 0. The molecule has 3 rings (SSSR count). The van der Waals surface area contributed by atoms with E-state index < -0.39 is 5.60 Å². The lowest BCUT2D eigenvalue weighted by molar-refractivity contribution is 0.0185. The molecule has 2 heterocycles. The molecule has 1 fully saturated rings. The molecule has 1 aliphatic heterocycles. The number of hydrogen-bond donors (Lipinski definition) is 0. The van der Waals surface area contributed by atoms with E-state index >= 15 is 0 Å². The first-order valence-corrected chi connectivity index (χ1v) is 8.69. The zero-order valence-electron chi connectivity index (χ0n) is 15.6. The van der Waals surface area contributed by atoms with E-state index in [2.05, 4.69) is 10.3 Å². The van der Waals surface area contributed by atoms with Gasteiger partial charge < -0.3 is 14.4 Å². The Balaban J connectivity index is 1.73. The maximum Gasteiger partial charge on any atom is 0.410 e. The second-order valence-corrected chi connectivity index (χ2v) is 7.43. The molecule has 0 bridgehead atoms. The van der Waals surface area contributed by atoms with Crippen LogP contribution in [0.15, 0.2) is 18.2 Å². The Morgan fingerprint density at radius 2 is 1.88 bits per heavy atom. The molecule has 0 N–H and O–H groups in total. The van der Waals surface area contributed by atoms with Crippen molar-refractivity contribution in [2.45, 2.75) is 45.3 Å². The van der Waals surface area contributed by atoms with Crippen LogP contribution in [0, 0.1) is 0 Å². The summed E-state index contributed by atoms with van der Waals surface area (Å²) in [4.78, 5) is 25.7. The van der Waals surface area contributed by atoms with E-state index in [1.165, 1.54) is 7.11 Å². The van der Waals surface area contributed by atoms with Crippen LogP contribution in [0.2, 0.25) is 0 Å². The SMILES string of the molecule is COC(=O)c1ccc2nnn(C3CCN(C(=O)OC(C)(C)C)CC3)c2c1. The largest absolute Gasteiger partial charge is 0.465 e. The number of carbonyl (C=O) groups is 2. The van der Waals surface area contributed by atoms with Gasteiger partial charge in [-0.05, 0) is 51.8 Å². The topological polar surface area (TPSA) is 86.5 Å². The number of rotatable bonds is 2. The quantitative estimate of drug-likeness (QED) is 0.766. The molecular weight excluding hydrogens is 336 g/mol. The number of ether oxygens (including phenoxy) is 2. The predicted molar refractivity (Wildman–Crippen MR) is 94.9 cm³/mol. The second-order valence-electron chi connectivity index (χ2n) is 7.43. The number of esters is 1. The van der Waals surface area contributed by atoms with Crippen LogP contribution in [0.1, 0.15) is 50.0 Å². The molecule has 0 atom stereocenters. The summed E-state index contributed by atoms with van der Waals surface area (Å²) in [6.07, 6.45) is 1.22. The number of carbonyl (C=O) groups excluding carboxylic acids is 2. The summed E-state index contributed by atoms with van der Waals surface area (Å²) in [5.74, 6) is -0.389. The van der Waals surface area contributed by atoms with Crippen LogP contribution in [-0.2, 0) is 9.47 Å². The van der Waals surface area contributed by atoms with Crippen molar-refractivity contribution in [3.63, 3.8) is 0 Å². The van der Waals surface area contributed by atoms with Crippen LogP contribution in [-0.4, -0.2) is 57.8 Å². The van der Waals surface area contributed by atoms with Crippen molar-refractivity contribution in [1.29, 1.82) is 0 Å². The highest BCUT2D eigenvalue weighted by Gasteiger charge is 2.28. The minimum atomic E-state index is -0.500. The second kappa shape index (κ2) is 6.93. The molecule has 8 heteroatoms. The normalized spacial score (nSPS) is 15.9. The lowest BCUT2D eigenvalue weighted by atomic mass is 10.1. The van der Waals surface area contributed by atoms with Crippen molar-refractivity contribution >= 4 is 23.1 Å². The maximum absolute atomic E-state index is 12.2. The van der Waals surface area contributed by atoms with Crippen molar-refractivity contribution in [2.24, 2.45) is 0 Å². The Morgan fingerprint density at radius 3 is 2.50 bits per heavy atom. The van der Waals surface area contributed by atoms with Crippen molar-refractivity contribution in [3.8, 4) is 0 Å². The Bertz CT molecular complexity index is 816. The highest BCUT2D eigenvalue weighted by molar-refractivity contribution is 5.93. The van der Waals surface area contributed by atoms with Crippen molar-refractivity contribution in [1.82, 2.24) is 19.9 Å². The summed E-state index contributed by atoms with van der Waals surface area (Å²) in [6.45, 7) is 6.77. The molecule has 1 amide bonds. The van der Waals surface area contributed by atoms with E-state index in [9.17, 15) is 9.59 Å². The molecule has 2 aromatic rings. The fraction of sp³-hybridized carbons (Fsp3) is 0.556. The standard InChI is InChI=1S/C18H24N4O4/c1-18(2,3)26-17(24)21-9-7-13(8-10-21)22-15-11-12(16(23)25-4)5-6-14(15)19-20-22/h5-6,11,13H,7-10H2,1-4H3. The van der Waals surface area contributed by atoms with Crippen LogP contribution < -0.4 is 0 Å². The number of amides is 1. The first kappa shape index (κ1) is 18.2. The highest BCUT2D eigenvalue weighted by atomic mass is 16.6. The molecule has 8 nitrogen and oxygen atoms in total. The zero-order chi connectivity index (χ0) is 18.9. The molecule has 26 heavy (non-hydrogen) atoms. The van der Waals surface area contributed by atoms with Crippen LogP contribution in [0.3, 0.4) is 0 Å². The van der Waals surface area contributed by atoms with Gasteiger partial charge in [-0.15, -0.1) is 5.10 Å². The van der Waals surface area contributed by atoms with Gasteiger partial charge >= 0.3 is 12.1 Å². The Morgan fingerprint density at radius 1 is 1.19 bits per heavy atom. The molecular formula is C18H24N4O4. The van der Waals surface area contributed by atoms with E-state index in [1.54, 1.807) is 23.1 Å². The summed E-state index contributed by atoms with van der Waals surface area (Å²) in [5.41, 5.74) is 1.49. The third-order valence-electron chi connectivity index (χ3n) is 4.35. The van der Waals surface area contributed by atoms with Crippen LogP contribution in [0.4, 0.5) is 4.79 Å². The molecule has 1 aromatic carbocycles. The van der Waals surface area contributed by atoms with E-state index in [-0.39, 0.29) is 18.1 Å². The lowest BCUT2D eigenvalue weighted by Crippen LogP contribution is -2.42. The van der Waals surface area contributed by atoms with Crippen LogP contribution in [0.5, 0.6) is 0 Å². The van der Waals surface area contributed by atoms with Gasteiger partial charge in [0.05, 0.1) is 24.2 Å². The third kappa shape index (κ3) is 3.79. The van der Waals surface area contributed by atoms with Gasteiger partial charge in [0.2, 0.25) is 0 Å². The molecule has 1 saturated heterocycles. The van der Waals surface area contributed by atoms with Gasteiger partial charge in [0, 0.05) is 13.1 Å². The van der Waals surface area contributed by atoms with E-state index in [0.29, 0.717) is 18.7 Å². The smallest absolute Gasteiger partial charge is 0.410 e. The molecule has 0 saturated carbocycles. The number of piperidine rings is 1. The van der Waals surface area contributed by atoms with E-state index in [4.69, 9.17) is 9.47 Å². The van der Waals surface area contributed by atoms with E-state index in [0.717, 1.165) is 23.9 Å². The number of nitrogens with zero attached hydrogens (tertiary/aromatic N) is 4. The van der Waals surface area contributed by atoms with Gasteiger partial charge in [-0.1, -0.05) is 5.21 Å². The van der Waals surface area contributed by atoms with Gasteiger partial charge in [0.15, 0.2) is 0 Å². The fourth-order valence-electron chi connectivity index (χ4n) is 3.07. The van der Waals surface area contributed by atoms with Crippen LogP contribution in [0.25, 0.3) is 11.0 Å². The van der Waals surface area contributed by atoms with Crippen molar-refractivity contribution < 1.29 is 19.1 Å². The Hall–Kier alpha value is -2.64. The first-order chi connectivity index (χ1) is 12.3. The Labute approximate surface area is 152 Å². The number of hydrogen-bond acceptors (Lipinski definition) is 6. The van der Waals surface area contributed by atoms with Crippen molar-refractivity contribution in [2.75, 3.05) is 20.2 Å².